The fraction of sp³-hybridized carbons (Fsp3) is 0.258. The summed E-state index contributed by atoms with van der Waals surface area (Å²) in [6, 6.07) is 21.9. The third-order valence-corrected chi connectivity index (χ3v) is 7.67. The molecule has 2 aromatic carbocycles. The predicted octanol–water partition coefficient (Wildman–Crippen LogP) is 5.62. The van der Waals surface area contributed by atoms with E-state index in [1.54, 1.807) is 25.1 Å². The van der Waals surface area contributed by atoms with E-state index in [0.717, 1.165) is 63.2 Å². The van der Waals surface area contributed by atoms with Crippen molar-refractivity contribution in [2.45, 2.75) is 18.4 Å². The molecule has 8 heteroatoms. The van der Waals surface area contributed by atoms with E-state index in [4.69, 9.17) is 14.5 Å². The minimum Gasteiger partial charge on any atom is -0.496 e. The molecule has 2 aromatic heterocycles. The third-order valence-electron chi connectivity index (χ3n) is 6.80. The first-order chi connectivity index (χ1) is 19.1. The Bertz CT molecular complexity index is 1470. The number of aromatic nitrogens is 2. The second-order valence-electron chi connectivity index (χ2n) is 9.30. The average Bonchev–Trinajstić information content (AvgIpc) is 3.00. The highest BCUT2D eigenvalue weighted by atomic mass is 32.2. The highest BCUT2D eigenvalue weighted by Gasteiger charge is 2.16. The molecule has 1 aliphatic rings. The number of pyridine rings is 2. The summed E-state index contributed by atoms with van der Waals surface area (Å²) in [6.07, 6.45) is 3.79. The van der Waals surface area contributed by atoms with Gasteiger partial charge >= 0.3 is 0 Å². The van der Waals surface area contributed by atoms with Crippen LogP contribution in [0, 0.1) is 6.92 Å². The maximum absolute atomic E-state index is 12.8. The number of carbonyl (C=O) groups is 1. The smallest absolute Gasteiger partial charge is 0.251 e. The molecule has 0 atom stereocenters. The van der Waals surface area contributed by atoms with Crippen molar-refractivity contribution in [3.8, 4) is 28.1 Å². The Kier molecular flexibility index (Phi) is 8.44. The largest absolute Gasteiger partial charge is 0.496 e. The van der Waals surface area contributed by atoms with Gasteiger partial charge in [-0.25, -0.2) is 4.98 Å². The fourth-order valence-electron chi connectivity index (χ4n) is 4.62. The van der Waals surface area contributed by atoms with Crippen molar-refractivity contribution in [1.29, 1.82) is 0 Å². The Morgan fingerprint density at radius 2 is 1.87 bits per heavy atom. The summed E-state index contributed by atoms with van der Waals surface area (Å²) >= 11 is 1.64. The summed E-state index contributed by atoms with van der Waals surface area (Å²) in [7, 11) is 1.67. The number of methoxy groups -OCH3 is 1. The zero-order valence-corrected chi connectivity index (χ0v) is 23.3. The van der Waals surface area contributed by atoms with Crippen LogP contribution in [0.3, 0.4) is 0 Å². The van der Waals surface area contributed by atoms with Gasteiger partial charge in [0.1, 0.15) is 11.6 Å². The number of nitrogens with zero attached hydrogens (tertiary/aromatic N) is 3. The summed E-state index contributed by atoms with van der Waals surface area (Å²) < 4.78 is 11.2. The number of aryl methyl sites for hydroxylation is 1. The summed E-state index contributed by atoms with van der Waals surface area (Å²) in [5.41, 5.74) is 6.37. The van der Waals surface area contributed by atoms with E-state index in [2.05, 4.69) is 21.3 Å². The van der Waals surface area contributed by atoms with Gasteiger partial charge in [0.25, 0.3) is 5.91 Å². The molecule has 0 aliphatic carbocycles. The maximum atomic E-state index is 12.8. The van der Waals surface area contributed by atoms with Crippen molar-refractivity contribution in [3.05, 3.63) is 89.7 Å². The van der Waals surface area contributed by atoms with Crippen LogP contribution in [-0.2, 0) is 11.3 Å². The van der Waals surface area contributed by atoms with Crippen LogP contribution < -0.4 is 15.0 Å². The van der Waals surface area contributed by atoms with Crippen molar-refractivity contribution < 1.29 is 14.3 Å². The van der Waals surface area contributed by atoms with E-state index >= 15 is 0 Å². The number of amides is 1. The molecule has 39 heavy (non-hydrogen) atoms. The van der Waals surface area contributed by atoms with Gasteiger partial charge in [0, 0.05) is 35.3 Å². The fourth-order valence-corrected chi connectivity index (χ4v) is 5.25. The number of thioether (sulfide) groups is 1. The minimum atomic E-state index is -0.115. The predicted molar refractivity (Wildman–Crippen MR) is 157 cm³/mol. The standard InChI is InChI=1S/C31H32N4O3S/c1-21-7-8-24(19-29(21)39-3)31(36)33-20-25-17-23(11-12-32-25)22-9-10-28(37-2)26(18-22)27-5-4-6-30(34-27)35-13-15-38-16-14-35/h4-12,17-19H,13-16,20H2,1-3H3,(H,33,36). The third kappa shape index (κ3) is 6.24. The van der Waals surface area contributed by atoms with Crippen molar-refractivity contribution >= 4 is 23.5 Å². The number of carbonyl (C=O) groups excluding carboxylic acids is 1. The molecule has 4 aromatic rings. The molecule has 0 bridgehead atoms. The topological polar surface area (TPSA) is 76.6 Å². The average molecular weight is 541 g/mol. The molecule has 1 N–H and O–H groups in total. The van der Waals surface area contributed by atoms with Gasteiger partial charge in [-0.05, 0) is 78.4 Å². The maximum Gasteiger partial charge on any atom is 0.251 e. The molecular weight excluding hydrogens is 508 g/mol. The first-order valence-electron chi connectivity index (χ1n) is 12.9. The molecule has 1 amide bonds. The van der Waals surface area contributed by atoms with Crippen LogP contribution in [0.1, 0.15) is 21.6 Å². The molecule has 0 unspecified atom stereocenters. The number of rotatable bonds is 8. The second kappa shape index (κ2) is 12.3. The van der Waals surface area contributed by atoms with Crippen LogP contribution in [0.5, 0.6) is 5.75 Å². The van der Waals surface area contributed by atoms with Crippen LogP contribution in [-0.4, -0.2) is 55.5 Å². The number of morpholine rings is 1. The highest BCUT2D eigenvalue weighted by molar-refractivity contribution is 7.98. The van der Waals surface area contributed by atoms with Gasteiger partial charge in [0.2, 0.25) is 0 Å². The van der Waals surface area contributed by atoms with Crippen molar-refractivity contribution in [2.24, 2.45) is 0 Å². The molecule has 0 spiro atoms. The van der Waals surface area contributed by atoms with E-state index in [1.807, 2.05) is 73.8 Å². The second-order valence-corrected chi connectivity index (χ2v) is 10.1. The lowest BCUT2D eigenvalue weighted by atomic mass is 10.0. The Morgan fingerprint density at radius 1 is 1.05 bits per heavy atom. The lowest BCUT2D eigenvalue weighted by molar-refractivity contribution is 0.0950. The van der Waals surface area contributed by atoms with Crippen LogP contribution in [0.15, 0.2) is 77.8 Å². The quantitative estimate of drug-likeness (QED) is 0.291. The number of hydrogen-bond donors (Lipinski definition) is 1. The number of ether oxygens (including phenoxy) is 2. The lowest BCUT2D eigenvalue weighted by Gasteiger charge is -2.28. The number of nitrogens with one attached hydrogen (secondary N) is 1. The SMILES string of the molecule is COc1ccc(-c2ccnc(CNC(=O)c3ccc(C)c(SC)c3)c2)cc1-c1cccc(N2CCOCC2)n1. The zero-order valence-electron chi connectivity index (χ0n) is 22.4. The Hall–Kier alpha value is -3.88. The summed E-state index contributed by atoms with van der Waals surface area (Å²) in [5.74, 6) is 1.58. The molecule has 1 saturated heterocycles. The highest BCUT2D eigenvalue weighted by Crippen LogP contribution is 2.34. The van der Waals surface area contributed by atoms with Crippen LogP contribution >= 0.6 is 11.8 Å². The van der Waals surface area contributed by atoms with Gasteiger partial charge in [0.05, 0.1) is 38.3 Å². The van der Waals surface area contributed by atoms with Crippen molar-refractivity contribution in [2.75, 3.05) is 44.6 Å². The summed E-state index contributed by atoms with van der Waals surface area (Å²) in [5, 5.41) is 3.00. The van der Waals surface area contributed by atoms with Gasteiger partial charge < -0.3 is 19.7 Å². The molecule has 7 nitrogen and oxygen atoms in total. The van der Waals surface area contributed by atoms with Crippen LogP contribution in [0.4, 0.5) is 5.82 Å². The van der Waals surface area contributed by atoms with Crippen molar-refractivity contribution in [1.82, 2.24) is 15.3 Å². The molecule has 1 fully saturated rings. The van der Waals surface area contributed by atoms with Gasteiger partial charge in [-0.15, -0.1) is 11.8 Å². The van der Waals surface area contributed by atoms with E-state index in [0.29, 0.717) is 25.3 Å². The molecule has 0 radical (unpaired) electrons. The minimum absolute atomic E-state index is 0.115. The Balaban J connectivity index is 1.36. The van der Waals surface area contributed by atoms with E-state index in [-0.39, 0.29) is 5.91 Å². The molecule has 0 saturated carbocycles. The monoisotopic (exact) mass is 540 g/mol. The van der Waals surface area contributed by atoms with E-state index < -0.39 is 0 Å². The number of hydrogen-bond acceptors (Lipinski definition) is 7. The van der Waals surface area contributed by atoms with Crippen LogP contribution in [0.2, 0.25) is 0 Å². The van der Waals surface area contributed by atoms with E-state index in [9.17, 15) is 4.79 Å². The lowest BCUT2D eigenvalue weighted by Crippen LogP contribution is -2.36. The first-order valence-corrected chi connectivity index (χ1v) is 14.1. The molecular formula is C31H32N4O3S. The Labute approximate surface area is 233 Å². The molecule has 200 valence electrons. The summed E-state index contributed by atoms with van der Waals surface area (Å²) in [6.45, 7) is 5.45. The summed E-state index contributed by atoms with van der Waals surface area (Å²) in [4.78, 5) is 25.6. The van der Waals surface area contributed by atoms with Gasteiger partial charge in [-0.3, -0.25) is 9.78 Å². The molecule has 1 aliphatic heterocycles. The normalized spacial score (nSPS) is 13.3. The number of anilines is 1. The van der Waals surface area contributed by atoms with Gasteiger partial charge in [-0.1, -0.05) is 18.2 Å². The Morgan fingerprint density at radius 3 is 2.67 bits per heavy atom. The van der Waals surface area contributed by atoms with Crippen molar-refractivity contribution in [3.63, 3.8) is 0 Å². The molecule has 5 rings (SSSR count). The van der Waals surface area contributed by atoms with Gasteiger partial charge in [-0.2, -0.15) is 0 Å². The zero-order chi connectivity index (χ0) is 27.2. The first kappa shape index (κ1) is 26.7. The number of benzene rings is 2. The molecule has 3 heterocycles. The van der Waals surface area contributed by atoms with Crippen LogP contribution in [0.25, 0.3) is 22.4 Å². The van der Waals surface area contributed by atoms with E-state index in [1.165, 1.54) is 0 Å². The van der Waals surface area contributed by atoms with Gasteiger partial charge in [0.15, 0.2) is 0 Å².